The van der Waals surface area contributed by atoms with Crippen LogP contribution >= 0.6 is 28.1 Å². The van der Waals surface area contributed by atoms with Gasteiger partial charge in [-0.15, -0.1) is 0 Å². The van der Waals surface area contributed by atoms with Crippen LogP contribution < -0.4 is 4.74 Å². The van der Waals surface area contributed by atoms with Gasteiger partial charge in [-0.25, -0.2) is 5.10 Å². The topological polar surface area (TPSA) is 55.2 Å². The van der Waals surface area contributed by atoms with E-state index in [-0.39, 0.29) is 0 Å². The van der Waals surface area contributed by atoms with Crippen molar-refractivity contribution in [2.45, 2.75) is 6.61 Å². The number of halogens is 1. The lowest BCUT2D eigenvalue weighted by Crippen LogP contribution is -1.97. The lowest BCUT2D eigenvalue weighted by atomic mass is 10.1. The normalized spacial score (nSPS) is 11.3. The van der Waals surface area contributed by atoms with Crippen LogP contribution in [0, 0.1) is 4.77 Å². The maximum atomic E-state index is 6.04. The van der Waals surface area contributed by atoms with Crippen LogP contribution in [0.25, 0.3) is 22.2 Å². The SMILES string of the molecule is S=c1[nH]nc(-c2ccccc2)n1/N=C\c1ccc(OCc2ccc3ccccc3c2)c(Br)c1. The first-order chi connectivity index (χ1) is 16.2. The van der Waals surface area contributed by atoms with Crippen LogP contribution in [0.2, 0.25) is 0 Å². The minimum Gasteiger partial charge on any atom is -0.488 e. The van der Waals surface area contributed by atoms with E-state index in [1.165, 1.54) is 10.8 Å². The van der Waals surface area contributed by atoms with Crippen molar-refractivity contribution >= 4 is 45.1 Å². The highest BCUT2D eigenvalue weighted by atomic mass is 79.9. The molecule has 0 amide bonds. The minimum absolute atomic E-state index is 0.430. The van der Waals surface area contributed by atoms with Crippen molar-refractivity contribution in [2.75, 3.05) is 0 Å². The third kappa shape index (κ3) is 4.79. The van der Waals surface area contributed by atoms with Gasteiger partial charge >= 0.3 is 0 Å². The fraction of sp³-hybridized carbons (Fsp3) is 0.0385. The molecule has 0 unspecified atom stereocenters. The molecule has 0 spiro atoms. The number of hydrogen-bond acceptors (Lipinski definition) is 4. The van der Waals surface area contributed by atoms with Gasteiger partial charge in [0, 0.05) is 5.56 Å². The summed E-state index contributed by atoms with van der Waals surface area (Å²) in [6.07, 6.45) is 1.75. The predicted octanol–water partition coefficient (Wildman–Crippen LogP) is 6.98. The smallest absolute Gasteiger partial charge is 0.216 e. The summed E-state index contributed by atoms with van der Waals surface area (Å²) in [4.78, 5) is 0. The van der Waals surface area contributed by atoms with Crippen LogP contribution in [0.4, 0.5) is 0 Å². The number of fused-ring (bicyclic) bond motifs is 1. The van der Waals surface area contributed by atoms with E-state index in [4.69, 9.17) is 17.0 Å². The van der Waals surface area contributed by atoms with E-state index in [0.29, 0.717) is 17.2 Å². The number of nitrogens with zero attached hydrogens (tertiary/aromatic N) is 3. The third-order valence-electron chi connectivity index (χ3n) is 5.17. The zero-order valence-electron chi connectivity index (χ0n) is 17.5. The molecule has 0 saturated carbocycles. The maximum absolute atomic E-state index is 6.04. The fourth-order valence-electron chi connectivity index (χ4n) is 3.50. The number of rotatable bonds is 6. The summed E-state index contributed by atoms with van der Waals surface area (Å²) in [5.41, 5.74) is 2.96. The molecular weight excluding hydrogens is 496 g/mol. The summed E-state index contributed by atoms with van der Waals surface area (Å²) in [6, 6.07) is 30.3. The van der Waals surface area contributed by atoms with Gasteiger partial charge in [0.2, 0.25) is 4.77 Å². The molecule has 5 aromatic rings. The van der Waals surface area contributed by atoms with Gasteiger partial charge in [-0.2, -0.15) is 14.9 Å². The van der Waals surface area contributed by atoms with Gasteiger partial charge in [-0.1, -0.05) is 66.7 Å². The van der Waals surface area contributed by atoms with Gasteiger partial charge in [-0.05, 0) is 74.3 Å². The van der Waals surface area contributed by atoms with E-state index >= 15 is 0 Å². The number of ether oxygens (including phenoxy) is 1. The van der Waals surface area contributed by atoms with Gasteiger partial charge in [0.05, 0.1) is 10.7 Å². The van der Waals surface area contributed by atoms with Crippen molar-refractivity contribution in [3.63, 3.8) is 0 Å². The predicted molar refractivity (Wildman–Crippen MR) is 138 cm³/mol. The Morgan fingerprint density at radius 1 is 0.939 bits per heavy atom. The Kier molecular flexibility index (Phi) is 6.15. The Hall–Kier alpha value is -3.55. The molecule has 0 saturated heterocycles. The van der Waals surface area contributed by atoms with E-state index in [1.54, 1.807) is 10.9 Å². The first-order valence-electron chi connectivity index (χ1n) is 10.3. The molecule has 1 aromatic heterocycles. The van der Waals surface area contributed by atoms with Crippen molar-refractivity contribution in [3.8, 4) is 17.1 Å². The Labute approximate surface area is 204 Å². The van der Waals surface area contributed by atoms with Crippen LogP contribution in [-0.2, 0) is 6.61 Å². The zero-order chi connectivity index (χ0) is 22.6. The number of hydrogen-bond donors (Lipinski definition) is 1. The molecule has 0 radical (unpaired) electrons. The number of aromatic nitrogens is 3. The van der Waals surface area contributed by atoms with Crippen LogP contribution in [0.1, 0.15) is 11.1 Å². The van der Waals surface area contributed by atoms with Crippen molar-refractivity contribution in [1.82, 2.24) is 14.9 Å². The molecule has 4 aromatic carbocycles. The van der Waals surface area contributed by atoms with Crippen molar-refractivity contribution in [2.24, 2.45) is 5.10 Å². The molecule has 162 valence electrons. The Morgan fingerprint density at radius 2 is 1.73 bits per heavy atom. The standard InChI is InChI=1S/C26H19BrN4OS/c27-23-15-18(16-28-31-25(29-30-26(31)33)21-7-2-1-3-8-21)11-13-24(23)32-17-19-10-12-20-6-4-5-9-22(20)14-19/h1-16H,17H2,(H,30,33)/b28-16-. The Bertz CT molecular complexity index is 1510. The third-order valence-corrected chi connectivity index (χ3v) is 6.05. The number of H-pyrrole nitrogens is 1. The molecule has 5 rings (SSSR count). The van der Waals surface area contributed by atoms with Gasteiger partial charge < -0.3 is 4.74 Å². The molecule has 0 aliphatic rings. The highest BCUT2D eigenvalue weighted by Crippen LogP contribution is 2.27. The maximum Gasteiger partial charge on any atom is 0.216 e. The summed E-state index contributed by atoms with van der Waals surface area (Å²) >= 11 is 8.96. The molecule has 0 aliphatic carbocycles. The number of benzene rings is 4. The van der Waals surface area contributed by atoms with Crippen LogP contribution in [0.5, 0.6) is 5.75 Å². The average Bonchev–Trinajstić information content (AvgIpc) is 3.22. The highest BCUT2D eigenvalue weighted by Gasteiger charge is 2.08. The van der Waals surface area contributed by atoms with Gasteiger partial charge in [-0.3, -0.25) is 0 Å². The van der Waals surface area contributed by atoms with Crippen LogP contribution in [0.15, 0.2) is 101 Å². The van der Waals surface area contributed by atoms with Gasteiger partial charge in [0.25, 0.3) is 0 Å². The number of nitrogens with one attached hydrogen (secondary N) is 1. The number of aromatic amines is 1. The first-order valence-corrected chi connectivity index (χ1v) is 11.5. The zero-order valence-corrected chi connectivity index (χ0v) is 19.9. The molecule has 5 nitrogen and oxygen atoms in total. The largest absolute Gasteiger partial charge is 0.488 e. The molecule has 1 heterocycles. The fourth-order valence-corrected chi connectivity index (χ4v) is 4.19. The van der Waals surface area contributed by atoms with E-state index in [1.807, 2.05) is 60.7 Å². The molecule has 0 fully saturated rings. The summed E-state index contributed by atoms with van der Waals surface area (Å²) in [5, 5.41) is 14.1. The minimum atomic E-state index is 0.430. The molecule has 0 aliphatic heterocycles. The Morgan fingerprint density at radius 3 is 2.55 bits per heavy atom. The molecule has 7 heteroatoms. The molecule has 0 atom stereocenters. The quantitative estimate of drug-likeness (QED) is 0.196. The second-order valence-electron chi connectivity index (χ2n) is 7.43. The van der Waals surface area contributed by atoms with Gasteiger partial charge in [0.1, 0.15) is 12.4 Å². The summed E-state index contributed by atoms with van der Waals surface area (Å²) in [6.45, 7) is 0.488. The Balaban J connectivity index is 1.32. The summed E-state index contributed by atoms with van der Waals surface area (Å²) in [5.74, 6) is 1.43. The lowest BCUT2D eigenvalue weighted by Gasteiger charge is -2.10. The van der Waals surface area contributed by atoms with Crippen molar-refractivity contribution < 1.29 is 4.74 Å². The van der Waals surface area contributed by atoms with Crippen LogP contribution in [-0.4, -0.2) is 21.1 Å². The van der Waals surface area contributed by atoms with E-state index in [2.05, 4.69) is 61.6 Å². The van der Waals surface area contributed by atoms with Crippen LogP contribution in [0.3, 0.4) is 0 Å². The van der Waals surface area contributed by atoms with Crippen molar-refractivity contribution in [1.29, 1.82) is 0 Å². The summed E-state index contributed by atoms with van der Waals surface area (Å²) < 4.78 is 8.94. The second kappa shape index (κ2) is 9.52. The molecule has 0 bridgehead atoms. The van der Waals surface area contributed by atoms with Gasteiger partial charge in [0.15, 0.2) is 5.82 Å². The first kappa shape index (κ1) is 21.3. The second-order valence-corrected chi connectivity index (χ2v) is 8.68. The summed E-state index contributed by atoms with van der Waals surface area (Å²) in [7, 11) is 0. The molecule has 33 heavy (non-hydrogen) atoms. The highest BCUT2D eigenvalue weighted by molar-refractivity contribution is 9.10. The van der Waals surface area contributed by atoms with E-state index in [9.17, 15) is 0 Å². The van der Waals surface area contributed by atoms with E-state index in [0.717, 1.165) is 26.9 Å². The monoisotopic (exact) mass is 514 g/mol. The molecular formula is C26H19BrN4OS. The average molecular weight is 515 g/mol. The molecule has 1 N–H and O–H groups in total. The van der Waals surface area contributed by atoms with Crippen molar-refractivity contribution in [3.05, 3.63) is 111 Å². The van der Waals surface area contributed by atoms with E-state index < -0.39 is 0 Å². The lowest BCUT2D eigenvalue weighted by molar-refractivity contribution is 0.304.